The van der Waals surface area contributed by atoms with Crippen LogP contribution < -0.4 is 0 Å². The van der Waals surface area contributed by atoms with Gasteiger partial charge in [-0.2, -0.15) is 0 Å². The van der Waals surface area contributed by atoms with E-state index < -0.39 is 0 Å². The number of ether oxygens (including phenoxy) is 2. The summed E-state index contributed by atoms with van der Waals surface area (Å²) in [4.78, 5) is 14.6. The van der Waals surface area contributed by atoms with Crippen LogP contribution in [0.3, 0.4) is 0 Å². The first-order valence-electron chi connectivity index (χ1n) is 8.98. The highest BCUT2D eigenvalue weighted by Gasteiger charge is 2.46. The summed E-state index contributed by atoms with van der Waals surface area (Å²) in [5.74, 6) is 0.378. The molecule has 2 heterocycles. The Kier molecular flexibility index (Phi) is 4.55. The van der Waals surface area contributed by atoms with Gasteiger partial charge >= 0.3 is 0 Å². The quantitative estimate of drug-likeness (QED) is 0.850. The first-order valence-corrected chi connectivity index (χ1v) is 8.98. The standard InChI is InChI=1S/C19H24FNO3/c20-14-3-1-13(2-4-14)17-11-18(17)19(22)21-8-5-15(6-9-21)24-16-7-10-23-12-16/h1-4,15-18H,5-12H2. The average molecular weight is 333 g/mol. The molecule has 1 aromatic rings. The average Bonchev–Trinajstić information content (AvgIpc) is 3.24. The van der Waals surface area contributed by atoms with Gasteiger partial charge in [-0.1, -0.05) is 12.1 Å². The SMILES string of the molecule is O=C(C1CC1c1ccc(F)cc1)N1CCC(OC2CCOC2)CC1. The predicted molar refractivity (Wildman–Crippen MR) is 87.2 cm³/mol. The van der Waals surface area contributed by atoms with Gasteiger partial charge in [0.25, 0.3) is 0 Å². The Morgan fingerprint density at radius 1 is 1.12 bits per heavy atom. The van der Waals surface area contributed by atoms with Gasteiger partial charge in [-0.25, -0.2) is 4.39 Å². The van der Waals surface area contributed by atoms with Crippen molar-refractivity contribution in [3.8, 4) is 0 Å². The van der Waals surface area contributed by atoms with Gasteiger partial charge in [-0.15, -0.1) is 0 Å². The zero-order valence-electron chi connectivity index (χ0n) is 13.8. The summed E-state index contributed by atoms with van der Waals surface area (Å²) in [7, 11) is 0. The normalized spacial score (nSPS) is 30.5. The van der Waals surface area contributed by atoms with Crippen LogP contribution in [0.2, 0.25) is 0 Å². The van der Waals surface area contributed by atoms with Crippen LogP contribution >= 0.6 is 0 Å². The summed E-state index contributed by atoms with van der Waals surface area (Å²) < 4.78 is 24.4. The van der Waals surface area contributed by atoms with E-state index in [0.717, 1.165) is 50.9 Å². The fourth-order valence-electron chi connectivity index (χ4n) is 3.89. The molecule has 3 aliphatic rings. The maximum Gasteiger partial charge on any atom is 0.226 e. The minimum atomic E-state index is -0.225. The van der Waals surface area contributed by atoms with Crippen LogP contribution in [-0.2, 0) is 14.3 Å². The van der Waals surface area contributed by atoms with E-state index in [1.807, 2.05) is 4.90 Å². The van der Waals surface area contributed by atoms with E-state index in [9.17, 15) is 9.18 Å². The van der Waals surface area contributed by atoms with E-state index in [1.54, 1.807) is 12.1 Å². The Hall–Kier alpha value is -1.46. The van der Waals surface area contributed by atoms with Crippen molar-refractivity contribution in [2.24, 2.45) is 5.92 Å². The van der Waals surface area contributed by atoms with Crippen molar-refractivity contribution in [1.29, 1.82) is 0 Å². The van der Waals surface area contributed by atoms with Crippen molar-refractivity contribution in [2.45, 2.75) is 43.8 Å². The van der Waals surface area contributed by atoms with Gasteiger partial charge in [0.05, 0.1) is 18.8 Å². The molecule has 3 fully saturated rings. The van der Waals surface area contributed by atoms with E-state index >= 15 is 0 Å². The van der Waals surface area contributed by atoms with Crippen molar-refractivity contribution < 1.29 is 18.7 Å². The number of amides is 1. The summed E-state index contributed by atoms with van der Waals surface area (Å²) in [6.45, 7) is 3.07. The number of hydrogen-bond donors (Lipinski definition) is 0. The van der Waals surface area contributed by atoms with Crippen LogP contribution in [0.15, 0.2) is 24.3 Å². The number of rotatable bonds is 4. The van der Waals surface area contributed by atoms with Crippen molar-refractivity contribution in [2.75, 3.05) is 26.3 Å². The fourth-order valence-corrected chi connectivity index (χ4v) is 3.89. The molecule has 130 valence electrons. The molecular weight excluding hydrogens is 309 g/mol. The van der Waals surface area contributed by atoms with Crippen molar-refractivity contribution >= 4 is 5.91 Å². The number of hydrogen-bond acceptors (Lipinski definition) is 3. The summed E-state index contributed by atoms with van der Waals surface area (Å²) in [5, 5.41) is 0. The Morgan fingerprint density at radius 3 is 2.54 bits per heavy atom. The molecular formula is C19H24FNO3. The van der Waals surface area contributed by atoms with Crippen LogP contribution in [0.4, 0.5) is 4.39 Å². The van der Waals surface area contributed by atoms with Crippen LogP contribution in [0.5, 0.6) is 0 Å². The maximum atomic E-state index is 13.0. The monoisotopic (exact) mass is 333 g/mol. The number of carbonyl (C=O) groups excluding carboxylic acids is 1. The highest BCUT2D eigenvalue weighted by Crippen LogP contribution is 2.48. The molecule has 0 N–H and O–H groups in total. The third kappa shape index (κ3) is 3.47. The molecule has 1 aliphatic carbocycles. The molecule has 1 saturated carbocycles. The van der Waals surface area contributed by atoms with Gasteiger partial charge in [0.1, 0.15) is 5.82 Å². The smallest absolute Gasteiger partial charge is 0.226 e. The lowest BCUT2D eigenvalue weighted by Gasteiger charge is -2.33. The molecule has 0 aromatic heterocycles. The Morgan fingerprint density at radius 2 is 1.88 bits per heavy atom. The second kappa shape index (κ2) is 6.81. The second-order valence-corrected chi connectivity index (χ2v) is 7.15. The molecule has 0 radical (unpaired) electrons. The van der Waals surface area contributed by atoms with Crippen molar-refractivity contribution in [1.82, 2.24) is 4.90 Å². The van der Waals surface area contributed by atoms with Crippen molar-refractivity contribution in [3.63, 3.8) is 0 Å². The van der Waals surface area contributed by atoms with E-state index in [2.05, 4.69) is 0 Å². The summed E-state index contributed by atoms with van der Waals surface area (Å²) in [5.41, 5.74) is 1.08. The second-order valence-electron chi connectivity index (χ2n) is 7.15. The fraction of sp³-hybridized carbons (Fsp3) is 0.632. The zero-order valence-corrected chi connectivity index (χ0v) is 13.8. The van der Waals surface area contributed by atoms with Crippen LogP contribution in [0, 0.1) is 11.7 Å². The number of carbonyl (C=O) groups is 1. The molecule has 2 aliphatic heterocycles. The number of nitrogens with zero attached hydrogens (tertiary/aromatic N) is 1. The van der Waals surface area contributed by atoms with E-state index in [4.69, 9.17) is 9.47 Å². The molecule has 3 unspecified atom stereocenters. The van der Waals surface area contributed by atoms with E-state index in [-0.39, 0.29) is 35.8 Å². The van der Waals surface area contributed by atoms with Gasteiger partial charge in [0.15, 0.2) is 0 Å². The molecule has 3 atom stereocenters. The van der Waals surface area contributed by atoms with Crippen LogP contribution in [0.25, 0.3) is 0 Å². The third-order valence-corrected chi connectivity index (χ3v) is 5.43. The van der Waals surface area contributed by atoms with Crippen LogP contribution in [0.1, 0.15) is 37.2 Å². The lowest BCUT2D eigenvalue weighted by atomic mass is 10.1. The number of likely N-dealkylation sites (tertiary alicyclic amines) is 1. The van der Waals surface area contributed by atoms with Gasteiger partial charge < -0.3 is 14.4 Å². The van der Waals surface area contributed by atoms with Crippen LogP contribution in [-0.4, -0.2) is 49.3 Å². The Balaban J connectivity index is 1.25. The number of halogens is 1. The number of benzene rings is 1. The largest absolute Gasteiger partial charge is 0.379 e. The maximum absolute atomic E-state index is 13.0. The van der Waals surface area contributed by atoms with Gasteiger partial charge in [0.2, 0.25) is 5.91 Å². The summed E-state index contributed by atoms with van der Waals surface area (Å²) >= 11 is 0. The highest BCUT2D eigenvalue weighted by atomic mass is 19.1. The lowest BCUT2D eigenvalue weighted by molar-refractivity contribution is -0.136. The summed E-state index contributed by atoms with van der Waals surface area (Å²) in [6, 6.07) is 6.56. The molecule has 4 rings (SSSR count). The molecule has 1 aromatic carbocycles. The third-order valence-electron chi connectivity index (χ3n) is 5.43. The zero-order chi connectivity index (χ0) is 16.5. The summed E-state index contributed by atoms with van der Waals surface area (Å²) in [6.07, 6.45) is 4.20. The van der Waals surface area contributed by atoms with E-state index in [0.29, 0.717) is 6.61 Å². The molecule has 2 saturated heterocycles. The van der Waals surface area contributed by atoms with Gasteiger partial charge in [-0.3, -0.25) is 4.79 Å². The molecule has 1 amide bonds. The molecule has 0 bridgehead atoms. The molecule has 5 heteroatoms. The topological polar surface area (TPSA) is 38.8 Å². The Bertz CT molecular complexity index is 577. The van der Waals surface area contributed by atoms with Gasteiger partial charge in [-0.05, 0) is 49.3 Å². The Labute approximate surface area is 141 Å². The lowest BCUT2D eigenvalue weighted by Crippen LogP contribution is -2.42. The minimum absolute atomic E-state index is 0.0798. The van der Waals surface area contributed by atoms with E-state index in [1.165, 1.54) is 12.1 Å². The molecule has 0 spiro atoms. The predicted octanol–water partition coefficient (Wildman–Crippen LogP) is 2.73. The first kappa shape index (κ1) is 16.0. The highest BCUT2D eigenvalue weighted by molar-refractivity contribution is 5.83. The minimum Gasteiger partial charge on any atom is -0.379 e. The van der Waals surface area contributed by atoms with Gasteiger partial charge in [0, 0.05) is 25.6 Å². The van der Waals surface area contributed by atoms with Crippen molar-refractivity contribution in [3.05, 3.63) is 35.6 Å². The number of piperidine rings is 1. The molecule has 4 nitrogen and oxygen atoms in total. The first-order chi connectivity index (χ1) is 11.7. The molecule has 24 heavy (non-hydrogen) atoms.